The van der Waals surface area contributed by atoms with Crippen molar-refractivity contribution in [3.05, 3.63) is 94.7 Å². The van der Waals surface area contributed by atoms with Crippen LogP contribution in [0.25, 0.3) is 17.4 Å². The van der Waals surface area contributed by atoms with Crippen LogP contribution in [-0.4, -0.2) is 136 Å². The van der Waals surface area contributed by atoms with E-state index in [0.717, 1.165) is 46.3 Å². The third-order valence-electron chi connectivity index (χ3n) is 11.7. The molecule has 0 unspecified atom stereocenters. The summed E-state index contributed by atoms with van der Waals surface area (Å²) >= 11 is 0. The molecule has 3 heterocycles. The molecule has 2 aliphatic heterocycles. The first kappa shape index (κ1) is 54.9. The molecule has 2 N–H and O–H groups in total. The molecular weight excluding hydrogens is 911 g/mol. The predicted molar refractivity (Wildman–Crippen MR) is 262 cm³/mol. The van der Waals surface area contributed by atoms with Crippen LogP contribution < -0.4 is 19.7 Å². The fourth-order valence-electron chi connectivity index (χ4n) is 7.98. The van der Waals surface area contributed by atoms with Gasteiger partial charge in [0.2, 0.25) is 17.1 Å². The minimum atomic E-state index is -3.95. The topological polar surface area (TPSA) is 190 Å². The molecule has 1 aromatic heterocycles. The molecule has 0 amide bonds. The van der Waals surface area contributed by atoms with Gasteiger partial charge in [-0.3, -0.25) is 4.18 Å². The van der Waals surface area contributed by atoms with Crippen LogP contribution in [-0.2, 0) is 58.3 Å². The van der Waals surface area contributed by atoms with E-state index in [1.54, 1.807) is 26.4 Å². The first-order valence-electron chi connectivity index (χ1n) is 23.4. The van der Waals surface area contributed by atoms with Crippen molar-refractivity contribution >= 4 is 27.9 Å². The lowest BCUT2D eigenvalue weighted by Crippen LogP contribution is -2.36. The van der Waals surface area contributed by atoms with Gasteiger partial charge >= 0.3 is 5.97 Å². The summed E-state index contributed by atoms with van der Waals surface area (Å²) in [7, 11) is 0.482. The van der Waals surface area contributed by atoms with Gasteiger partial charge < -0.3 is 52.8 Å². The number of aromatic nitrogens is 1. The zero-order valence-corrected chi connectivity index (χ0v) is 42.3. The maximum Gasteiger partial charge on any atom is 0.333 e. The van der Waals surface area contributed by atoms with Gasteiger partial charge in [-0.1, -0.05) is 47.1 Å². The molecule has 0 saturated heterocycles. The minimum Gasteiger partial charge on any atom is -0.492 e. The fraction of sp³-hybridized carbons (Fsp3) is 0.529. The molecular formula is C51H72N3O14S+. The molecule has 18 heteroatoms. The van der Waals surface area contributed by atoms with E-state index in [0.29, 0.717) is 115 Å². The summed E-state index contributed by atoms with van der Waals surface area (Å²) in [6.45, 7) is 17.4. The van der Waals surface area contributed by atoms with Crippen LogP contribution in [0.3, 0.4) is 0 Å². The Labute approximate surface area is 406 Å². The molecule has 0 atom stereocenters. The molecule has 0 saturated carbocycles. The molecule has 17 nitrogen and oxygen atoms in total. The molecule has 380 valence electrons. The van der Waals surface area contributed by atoms with Gasteiger partial charge in [-0.15, -0.1) is 4.73 Å². The second-order valence-electron chi connectivity index (χ2n) is 18.0. The second kappa shape index (κ2) is 26.2. The summed E-state index contributed by atoms with van der Waals surface area (Å²) < 4.78 is 73.3. The first-order chi connectivity index (χ1) is 33.0. The lowest BCUT2D eigenvalue weighted by atomic mass is 9.82. The zero-order chi connectivity index (χ0) is 50.0. The number of anilines is 1. The maximum absolute atomic E-state index is 12.8. The van der Waals surface area contributed by atoms with Gasteiger partial charge in [-0.05, 0) is 71.9 Å². The van der Waals surface area contributed by atoms with Crippen LogP contribution in [0.5, 0.6) is 11.8 Å². The molecule has 69 heavy (non-hydrogen) atoms. The molecule has 0 fully saturated rings. The number of unbranched alkanes of at least 4 members (excludes halogenated alkanes) is 2. The standard InChI is InChI=1S/C51H71N3O14S/c1-50(2,3)42-36-39(67-45-35-38(16-18-41(42)45)52(23-25-63-31-33-65-29-27-60-6)24-26-64-32-34-66-30-28-61-7)13-12-14-46-51(4,5)43-37-40(69(58,59)62-8)17-19-44(43)53(46)22-11-9-10-15-49(57)68-54-47(55)20-21-48(54)56/h12-14,16-21,35-37H,9-11,15,22-34H2,1-8H3,(H-,55,56)/p+1. The maximum atomic E-state index is 12.8. The molecule has 0 bridgehead atoms. The summed E-state index contributed by atoms with van der Waals surface area (Å²) in [6, 6.07) is 15.9. The second-order valence-corrected chi connectivity index (χ2v) is 19.7. The number of rotatable bonds is 29. The van der Waals surface area contributed by atoms with Crippen molar-refractivity contribution in [1.82, 2.24) is 9.31 Å². The minimum absolute atomic E-state index is 0.0705. The molecule has 3 aliphatic rings. The van der Waals surface area contributed by atoms with E-state index in [2.05, 4.69) is 68.4 Å². The van der Waals surface area contributed by atoms with Gasteiger partial charge in [-0.25, -0.2) is 9.37 Å². The number of hydrogen-bond acceptors (Lipinski definition) is 15. The average Bonchev–Trinajstić information content (AvgIpc) is 3.74. The highest BCUT2D eigenvalue weighted by molar-refractivity contribution is 7.86. The monoisotopic (exact) mass is 982 g/mol. The molecule has 1 aliphatic carbocycles. The highest BCUT2D eigenvalue weighted by Gasteiger charge is 2.40. The van der Waals surface area contributed by atoms with Crippen LogP contribution in [0.4, 0.5) is 5.69 Å². The first-order valence-corrected chi connectivity index (χ1v) is 24.8. The summed E-state index contributed by atoms with van der Waals surface area (Å²) in [5, 5.41) is 20.6. The number of methoxy groups -OCH3 is 2. The number of hydrogen-bond donors (Lipinski definition) is 2. The Morgan fingerprint density at radius 2 is 1.38 bits per heavy atom. The Morgan fingerprint density at radius 3 is 1.97 bits per heavy atom. The number of fused-ring (bicyclic) bond motifs is 2. The van der Waals surface area contributed by atoms with Crippen molar-refractivity contribution in [2.75, 3.05) is 112 Å². The lowest BCUT2D eigenvalue weighted by Gasteiger charge is -2.27. The highest BCUT2D eigenvalue weighted by atomic mass is 32.2. The highest BCUT2D eigenvalue weighted by Crippen LogP contribution is 2.49. The Bertz CT molecular complexity index is 2440. The Kier molecular flexibility index (Phi) is 20.9. The number of allylic oxidation sites excluding steroid dienone is 3. The van der Waals surface area contributed by atoms with Crippen molar-refractivity contribution in [2.24, 2.45) is 0 Å². The van der Waals surface area contributed by atoms with Crippen LogP contribution in [0.1, 0.15) is 77.2 Å². The molecule has 5 rings (SSSR count). The smallest absolute Gasteiger partial charge is 0.333 e. The zero-order valence-electron chi connectivity index (χ0n) is 41.5. The van der Waals surface area contributed by atoms with Crippen molar-refractivity contribution in [1.29, 1.82) is 0 Å². The van der Waals surface area contributed by atoms with Gasteiger partial charge in [0.1, 0.15) is 24.7 Å². The van der Waals surface area contributed by atoms with E-state index >= 15 is 0 Å². The number of carbonyl (C=O) groups is 1. The molecule has 1 aromatic carbocycles. The van der Waals surface area contributed by atoms with Crippen LogP contribution >= 0.6 is 0 Å². The van der Waals surface area contributed by atoms with Crippen LogP contribution in [0, 0.1) is 0 Å². The molecule has 2 aromatic rings. The van der Waals surface area contributed by atoms with E-state index in [1.165, 1.54) is 12.1 Å². The van der Waals surface area contributed by atoms with Crippen molar-refractivity contribution in [2.45, 2.75) is 76.0 Å². The van der Waals surface area contributed by atoms with E-state index < -0.39 is 21.5 Å². The number of benzene rings is 2. The normalized spacial score (nSPS) is 14.4. The summed E-state index contributed by atoms with van der Waals surface area (Å²) in [5.41, 5.74) is 3.95. The Morgan fingerprint density at radius 1 is 0.768 bits per heavy atom. The van der Waals surface area contributed by atoms with E-state index in [1.807, 2.05) is 24.3 Å². The van der Waals surface area contributed by atoms with Gasteiger partial charge in [-0.2, -0.15) is 8.42 Å². The third kappa shape index (κ3) is 15.5. The Hall–Kier alpha value is -5.05. The van der Waals surface area contributed by atoms with Gasteiger partial charge in [0.05, 0.1) is 70.9 Å². The number of ether oxygens (including phenoxy) is 6. The van der Waals surface area contributed by atoms with E-state index in [9.17, 15) is 23.4 Å². The number of nitrogens with zero attached hydrogens (tertiary/aromatic N) is 3. The van der Waals surface area contributed by atoms with Crippen molar-refractivity contribution < 1.29 is 65.3 Å². The van der Waals surface area contributed by atoms with Crippen LogP contribution in [0.2, 0.25) is 0 Å². The lowest BCUT2D eigenvalue weighted by molar-refractivity contribution is -0.145. The van der Waals surface area contributed by atoms with Gasteiger partial charge in [0, 0.05) is 67.7 Å². The van der Waals surface area contributed by atoms with Crippen LogP contribution in [0.15, 0.2) is 81.8 Å². The largest absolute Gasteiger partial charge is 0.492 e. The third-order valence-corrected chi connectivity index (χ3v) is 13.0. The van der Waals surface area contributed by atoms with E-state index in [4.69, 9.17) is 41.9 Å². The summed E-state index contributed by atoms with van der Waals surface area (Å²) in [4.78, 5) is 19.9. The van der Waals surface area contributed by atoms with E-state index in [-0.39, 0.29) is 28.5 Å². The summed E-state index contributed by atoms with van der Waals surface area (Å²) in [6.07, 6.45) is 7.90. The van der Waals surface area contributed by atoms with Crippen molar-refractivity contribution in [3.8, 4) is 23.1 Å². The Balaban J connectivity index is 1.42. The number of aromatic hydroxyl groups is 2. The average molecular weight is 983 g/mol. The molecule has 0 spiro atoms. The number of carbonyl (C=O) groups excluding carboxylic acids is 1. The quantitative estimate of drug-likeness (QED) is 0.0352. The summed E-state index contributed by atoms with van der Waals surface area (Å²) in [5.74, 6) is 0.0322. The SMILES string of the molecule is COCCOCCOCC[N+](CCOCCOCCOC)=c1ccc2c(C(C)(C)C)cc(C=CC=C3N(CCCCCC(=O)On4c(O)ccc4O)c4ccc(S(=O)(=O)OC)cc4C3(C)C)oc-2c1. The fourth-order valence-corrected chi connectivity index (χ4v) is 8.67. The van der Waals surface area contributed by atoms with Gasteiger partial charge in [0.25, 0.3) is 10.1 Å². The van der Waals surface area contributed by atoms with Crippen molar-refractivity contribution in [3.63, 3.8) is 0 Å². The van der Waals surface area contributed by atoms with Gasteiger partial charge in [0.15, 0.2) is 13.1 Å². The predicted octanol–water partition coefficient (Wildman–Crippen LogP) is 6.27. The molecule has 0 radical (unpaired) electrons.